The molecule has 10 heteroatoms. The van der Waals surface area contributed by atoms with Crippen LogP contribution in [0.25, 0.3) is 10.9 Å². The highest BCUT2D eigenvalue weighted by Crippen LogP contribution is 2.40. The first-order chi connectivity index (χ1) is 18.0. The minimum absolute atomic E-state index is 0.105. The number of hydrogen-bond donors (Lipinski definition) is 1. The van der Waals surface area contributed by atoms with Crippen LogP contribution in [0.5, 0.6) is 5.75 Å². The molecule has 0 aliphatic carbocycles. The van der Waals surface area contributed by atoms with Gasteiger partial charge in [0.15, 0.2) is 5.75 Å². The number of fused-ring (bicyclic) bond motifs is 2. The highest BCUT2D eigenvalue weighted by molar-refractivity contribution is 6.15. The molecule has 186 valence electrons. The number of carbonyl (C=O) groups excluding carboxylic acids is 2. The summed E-state index contributed by atoms with van der Waals surface area (Å²) in [5.74, 6) is -0.554. The lowest BCUT2D eigenvalue weighted by molar-refractivity contribution is 0.0738. The summed E-state index contributed by atoms with van der Waals surface area (Å²) in [4.78, 5) is 45.6. The third-order valence-electron chi connectivity index (χ3n) is 6.89. The van der Waals surface area contributed by atoms with Gasteiger partial charge in [0.05, 0.1) is 11.1 Å². The number of phenols is 1. The van der Waals surface area contributed by atoms with Gasteiger partial charge in [0.25, 0.3) is 11.8 Å². The van der Waals surface area contributed by atoms with Crippen molar-refractivity contribution in [2.75, 3.05) is 31.1 Å². The van der Waals surface area contributed by atoms with E-state index in [0.717, 1.165) is 5.56 Å². The second-order valence-electron chi connectivity index (χ2n) is 9.09. The van der Waals surface area contributed by atoms with Crippen LogP contribution in [0.15, 0.2) is 61.1 Å². The molecule has 0 bridgehead atoms. The number of halogens is 1. The van der Waals surface area contributed by atoms with Crippen LogP contribution < -0.4 is 4.90 Å². The van der Waals surface area contributed by atoms with Crippen molar-refractivity contribution in [3.8, 4) is 5.75 Å². The molecular formula is C27H23FN6O3. The number of nitrogens with zero attached hydrogens (tertiary/aromatic N) is 6. The number of carbonyl (C=O) groups is 2. The van der Waals surface area contributed by atoms with Crippen LogP contribution in [0.2, 0.25) is 0 Å². The lowest BCUT2D eigenvalue weighted by Crippen LogP contribution is -2.49. The van der Waals surface area contributed by atoms with E-state index in [2.05, 4.69) is 15.0 Å². The lowest BCUT2D eigenvalue weighted by atomic mass is 9.95. The fraction of sp³-hybridized carbons (Fsp3) is 0.222. The number of anilines is 1. The molecule has 9 nitrogen and oxygen atoms in total. The van der Waals surface area contributed by atoms with Crippen LogP contribution in [0.1, 0.15) is 31.8 Å². The summed E-state index contributed by atoms with van der Waals surface area (Å²) in [6.07, 6.45) is 4.90. The Labute approximate surface area is 211 Å². The van der Waals surface area contributed by atoms with Crippen molar-refractivity contribution in [1.82, 2.24) is 24.8 Å². The lowest BCUT2D eigenvalue weighted by Gasteiger charge is -2.35. The van der Waals surface area contributed by atoms with Crippen molar-refractivity contribution in [2.45, 2.75) is 13.1 Å². The van der Waals surface area contributed by atoms with Crippen LogP contribution >= 0.6 is 0 Å². The Hall–Kier alpha value is -4.60. The maximum atomic E-state index is 13.9. The topological polar surface area (TPSA) is 103 Å². The third-order valence-corrected chi connectivity index (χ3v) is 6.89. The molecule has 2 amide bonds. The van der Waals surface area contributed by atoms with Crippen LogP contribution in [0.4, 0.5) is 10.3 Å². The summed E-state index contributed by atoms with van der Waals surface area (Å²) in [5, 5.41) is 11.5. The molecule has 37 heavy (non-hydrogen) atoms. The SMILES string of the molecule is O=C1c2c(c(C(=O)N3CCN(c4ncccn4)CC3)c3cccnc3c2O)CN1Cc1ccc(F)cc1. The zero-order valence-electron chi connectivity index (χ0n) is 19.8. The Morgan fingerprint density at radius 3 is 2.38 bits per heavy atom. The van der Waals surface area contributed by atoms with Crippen molar-refractivity contribution in [1.29, 1.82) is 0 Å². The number of amides is 2. The Kier molecular flexibility index (Phi) is 5.63. The Morgan fingerprint density at radius 1 is 0.946 bits per heavy atom. The van der Waals surface area contributed by atoms with Crippen LogP contribution in [-0.4, -0.2) is 67.9 Å². The number of phenolic OH excluding ortho intramolecular Hbond substituents is 1. The molecule has 0 atom stereocenters. The highest BCUT2D eigenvalue weighted by atomic mass is 19.1. The first-order valence-corrected chi connectivity index (χ1v) is 12.0. The van der Waals surface area contributed by atoms with E-state index < -0.39 is 0 Å². The fourth-order valence-electron chi connectivity index (χ4n) is 5.06. The van der Waals surface area contributed by atoms with E-state index in [1.807, 2.05) is 4.90 Å². The molecule has 2 aromatic carbocycles. The standard InChI is InChI=1S/C27H23FN6O3/c28-18-6-4-17(5-7-18)15-34-16-20-21(19-3-1-8-29-23(19)24(35)22(20)26(34)37)25(36)32-11-13-33(14-12-32)27-30-9-2-10-31-27/h1-10,35H,11-16H2. The molecule has 4 heterocycles. The van der Waals surface area contributed by atoms with E-state index in [4.69, 9.17) is 0 Å². The second-order valence-corrected chi connectivity index (χ2v) is 9.09. The van der Waals surface area contributed by atoms with Gasteiger partial charge < -0.3 is 19.8 Å². The maximum Gasteiger partial charge on any atom is 0.258 e. The highest BCUT2D eigenvalue weighted by Gasteiger charge is 2.38. The summed E-state index contributed by atoms with van der Waals surface area (Å²) >= 11 is 0. The summed E-state index contributed by atoms with van der Waals surface area (Å²) in [6.45, 7) is 2.44. The van der Waals surface area contributed by atoms with Gasteiger partial charge in [-0.3, -0.25) is 14.6 Å². The van der Waals surface area contributed by atoms with E-state index in [9.17, 15) is 19.1 Å². The molecule has 0 spiro atoms. The average Bonchev–Trinajstić information content (AvgIpc) is 3.26. The second kappa shape index (κ2) is 9.12. The molecule has 0 unspecified atom stereocenters. The van der Waals surface area contributed by atoms with Crippen molar-refractivity contribution in [3.05, 3.63) is 89.1 Å². The van der Waals surface area contributed by atoms with E-state index in [1.54, 1.807) is 52.5 Å². The number of piperazine rings is 1. The Bertz CT molecular complexity index is 1500. The molecule has 2 aliphatic heterocycles. The molecule has 1 saturated heterocycles. The van der Waals surface area contributed by atoms with Gasteiger partial charge in [-0.15, -0.1) is 0 Å². The largest absolute Gasteiger partial charge is 0.505 e. The van der Waals surface area contributed by atoms with Crippen LogP contribution in [0, 0.1) is 5.82 Å². The minimum atomic E-state index is -0.385. The monoisotopic (exact) mass is 498 g/mol. The summed E-state index contributed by atoms with van der Waals surface area (Å²) < 4.78 is 13.4. The normalized spacial score (nSPS) is 15.4. The summed E-state index contributed by atoms with van der Waals surface area (Å²) in [5.41, 5.74) is 1.95. The van der Waals surface area contributed by atoms with Gasteiger partial charge in [-0.25, -0.2) is 14.4 Å². The van der Waals surface area contributed by atoms with E-state index >= 15 is 0 Å². The molecule has 2 aliphatic rings. The third kappa shape index (κ3) is 4.00. The molecule has 0 radical (unpaired) electrons. The van der Waals surface area contributed by atoms with E-state index in [-0.39, 0.29) is 47.6 Å². The smallest absolute Gasteiger partial charge is 0.258 e. The first kappa shape index (κ1) is 22.8. The molecule has 2 aromatic heterocycles. The van der Waals surface area contributed by atoms with Gasteiger partial charge in [-0.05, 0) is 29.8 Å². The summed E-state index contributed by atoms with van der Waals surface area (Å²) in [7, 11) is 0. The number of hydrogen-bond acceptors (Lipinski definition) is 7. The van der Waals surface area contributed by atoms with Gasteiger partial charge in [0, 0.05) is 68.8 Å². The average molecular weight is 499 g/mol. The minimum Gasteiger partial charge on any atom is -0.505 e. The van der Waals surface area contributed by atoms with E-state index in [0.29, 0.717) is 48.6 Å². The predicted molar refractivity (Wildman–Crippen MR) is 134 cm³/mol. The number of aromatic hydroxyl groups is 1. The zero-order valence-corrected chi connectivity index (χ0v) is 19.8. The zero-order chi connectivity index (χ0) is 25.5. The first-order valence-electron chi connectivity index (χ1n) is 12.0. The Morgan fingerprint density at radius 2 is 1.65 bits per heavy atom. The van der Waals surface area contributed by atoms with Gasteiger partial charge in [0.1, 0.15) is 11.3 Å². The molecule has 1 N–H and O–H groups in total. The van der Waals surface area contributed by atoms with Crippen molar-refractivity contribution < 1.29 is 19.1 Å². The van der Waals surface area contributed by atoms with Gasteiger partial charge >= 0.3 is 0 Å². The number of aromatic nitrogens is 3. The molecule has 0 saturated carbocycles. The van der Waals surface area contributed by atoms with Gasteiger partial charge in [0.2, 0.25) is 5.95 Å². The molecular weight excluding hydrogens is 475 g/mol. The summed E-state index contributed by atoms with van der Waals surface area (Å²) in [6, 6.07) is 11.1. The number of pyridine rings is 1. The predicted octanol–water partition coefficient (Wildman–Crippen LogP) is 2.99. The van der Waals surface area contributed by atoms with Crippen molar-refractivity contribution in [3.63, 3.8) is 0 Å². The van der Waals surface area contributed by atoms with Crippen LogP contribution in [0.3, 0.4) is 0 Å². The van der Waals surface area contributed by atoms with Gasteiger partial charge in [-0.2, -0.15) is 0 Å². The molecule has 6 rings (SSSR count). The molecule has 1 fully saturated rings. The van der Waals surface area contributed by atoms with Crippen molar-refractivity contribution in [2.24, 2.45) is 0 Å². The van der Waals surface area contributed by atoms with Crippen molar-refractivity contribution >= 4 is 28.7 Å². The Balaban J connectivity index is 1.34. The quantitative estimate of drug-likeness (QED) is 0.462. The number of benzene rings is 2. The van der Waals surface area contributed by atoms with E-state index in [1.165, 1.54) is 18.3 Å². The van der Waals surface area contributed by atoms with Crippen LogP contribution in [-0.2, 0) is 13.1 Å². The maximum absolute atomic E-state index is 13.9. The fourth-order valence-corrected chi connectivity index (χ4v) is 5.06. The molecule has 4 aromatic rings. The van der Waals surface area contributed by atoms with Gasteiger partial charge in [-0.1, -0.05) is 18.2 Å². The number of rotatable bonds is 4.